The fourth-order valence-electron chi connectivity index (χ4n) is 0.789. The van der Waals surface area contributed by atoms with Gasteiger partial charge in [-0.2, -0.15) is 16.8 Å². The molecule has 0 aliphatic heterocycles. The van der Waals surface area contributed by atoms with Gasteiger partial charge in [-0.15, -0.1) is 0 Å². The van der Waals surface area contributed by atoms with Gasteiger partial charge in [0.1, 0.15) is 0 Å². The Bertz CT molecular complexity index is 337. The van der Waals surface area contributed by atoms with E-state index in [0.717, 1.165) is 0 Å². The summed E-state index contributed by atoms with van der Waals surface area (Å²) in [5, 5.41) is 0. The summed E-state index contributed by atoms with van der Waals surface area (Å²) in [6.07, 6.45) is 0.287. The molecule has 0 aromatic heterocycles. The van der Waals surface area contributed by atoms with Gasteiger partial charge >= 0.3 is 59.1 Å². The van der Waals surface area contributed by atoms with Crippen molar-refractivity contribution in [2.45, 2.75) is 12.8 Å². The molecule has 0 amide bonds. The van der Waals surface area contributed by atoms with E-state index >= 15 is 0 Å². The van der Waals surface area contributed by atoms with E-state index in [9.17, 15) is 16.8 Å². The molecule has 0 atom stereocenters. The topological polar surface area (TPSA) is 118 Å². The second kappa shape index (κ2) is 11.6. The van der Waals surface area contributed by atoms with Crippen LogP contribution in [0.25, 0.3) is 0 Å². The first kappa shape index (κ1) is 23.8. The van der Waals surface area contributed by atoms with Crippen LogP contribution in [0.1, 0.15) is 15.7 Å². The molecule has 0 rings (SSSR count). The van der Waals surface area contributed by atoms with Gasteiger partial charge in [-0.25, -0.2) is 0 Å². The zero-order valence-electron chi connectivity index (χ0n) is 12.0. The van der Waals surface area contributed by atoms with Crippen molar-refractivity contribution < 1.29 is 92.6 Å². The molecule has 0 radical (unpaired) electrons. The minimum atomic E-state index is -3.96. The van der Waals surface area contributed by atoms with Crippen molar-refractivity contribution in [2.75, 3.05) is 24.7 Å². The number of ether oxygens (including phenoxy) is 1. The molecule has 0 saturated carbocycles. The summed E-state index contributed by atoms with van der Waals surface area (Å²) in [6.45, 7) is 0.233. The molecular formula is C6H16Na2O7S2. The Labute approximate surface area is 149 Å². The maximum atomic E-state index is 10.2. The van der Waals surface area contributed by atoms with Gasteiger partial charge in [0.05, 0.1) is 11.5 Å². The van der Waals surface area contributed by atoms with Crippen LogP contribution in [0.4, 0.5) is 0 Å². The molecule has 0 unspecified atom stereocenters. The Kier molecular flexibility index (Phi) is 16.3. The first-order valence-corrected chi connectivity index (χ1v) is 7.40. The Morgan fingerprint density at radius 3 is 1.35 bits per heavy atom. The molecule has 0 aliphatic rings. The van der Waals surface area contributed by atoms with Gasteiger partial charge in [0.25, 0.3) is 20.2 Å². The van der Waals surface area contributed by atoms with E-state index in [4.69, 9.17) is 13.8 Å². The third-order valence-corrected chi connectivity index (χ3v) is 2.99. The fraction of sp³-hybridized carbons (Fsp3) is 1.00. The molecule has 96 valence electrons. The summed E-state index contributed by atoms with van der Waals surface area (Å²) >= 11 is 0. The summed E-state index contributed by atoms with van der Waals surface area (Å²) in [5.41, 5.74) is 0. The molecule has 0 saturated heterocycles. The molecule has 11 heteroatoms. The molecule has 0 aromatic rings. The maximum Gasteiger partial charge on any atom is 1.00 e. The Balaban J connectivity index is -0.000000163. The van der Waals surface area contributed by atoms with Crippen LogP contribution in [0, 0.1) is 0 Å². The van der Waals surface area contributed by atoms with Crippen molar-refractivity contribution in [2.24, 2.45) is 0 Å². The van der Waals surface area contributed by atoms with Gasteiger partial charge in [0, 0.05) is 13.2 Å². The molecule has 7 nitrogen and oxygen atoms in total. The summed E-state index contributed by atoms with van der Waals surface area (Å²) in [5.74, 6) is -0.767. The first-order valence-electron chi connectivity index (χ1n) is 4.19. The van der Waals surface area contributed by atoms with Crippen molar-refractivity contribution in [3.05, 3.63) is 0 Å². The fourth-order valence-corrected chi connectivity index (χ4v) is 1.75. The minimum absolute atomic E-state index is 0. The van der Waals surface area contributed by atoms with Crippen LogP contribution in [0.15, 0.2) is 0 Å². The van der Waals surface area contributed by atoms with E-state index in [1.807, 2.05) is 0 Å². The molecule has 0 bridgehead atoms. The number of rotatable bonds is 8. The van der Waals surface area contributed by atoms with Crippen LogP contribution >= 0.6 is 0 Å². The Hall–Kier alpha value is 1.78. The first-order chi connectivity index (χ1) is 6.71. The zero-order valence-corrected chi connectivity index (χ0v) is 15.6. The van der Waals surface area contributed by atoms with Gasteiger partial charge in [-0.1, -0.05) is 0 Å². The van der Waals surface area contributed by atoms with Crippen LogP contribution in [-0.4, -0.2) is 50.7 Å². The number of hydrogen-bond acceptors (Lipinski definition) is 5. The Morgan fingerprint density at radius 2 is 1.12 bits per heavy atom. The molecular weight excluding hydrogens is 294 g/mol. The monoisotopic (exact) mass is 310 g/mol. The van der Waals surface area contributed by atoms with Gasteiger partial charge in [-0.3, -0.25) is 9.11 Å². The summed E-state index contributed by atoms with van der Waals surface area (Å²) in [7, 11) is -7.91. The van der Waals surface area contributed by atoms with E-state index in [-0.39, 0.29) is 99.5 Å². The van der Waals surface area contributed by atoms with Gasteiger partial charge in [-0.05, 0) is 12.8 Å². The molecule has 17 heavy (non-hydrogen) atoms. The SMILES string of the molecule is O=S(=O)(O)CCCOCCCS(=O)(=O)O.[H-].[H-].[Na+].[Na+]. The van der Waals surface area contributed by atoms with E-state index in [1.54, 1.807) is 0 Å². The Morgan fingerprint density at radius 1 is 0.824 bits per heavy atom. The van der Waals surface area contributed by atoms with E-state index in [2.05, 4.69) is 0 Å². The van der Waals surface area contributed by atoms with Crippen molar-refractivity contribution >= 4 is 20.2 Å². The maximum absolute atomic E-state index is 10.2. The van der Waals surface area contributed by atoms with Crippen molar-refractivity contribution in [1.29, 1.82) is 0 Å². The minimum Gasteiger partial charge on any atom is -1.00 e. The molecule has 0 aromatic carbocycles. The molecule has 0 heterocycles. The third kappa shape index (κ3) is 23.3. The number of hydrogen-bond donors (Lipinski definition) is 2. The van der Waals surface area contributed by atoms with Gasteiger partial charge in [0.15, 0.2) is 0 Å². The molecule has 0 spiro atoms. The quantitative estimate of drug-likeness (QED) is 0.260. The summed E-state index contributed by atoms with van der Waals surface area (Å²) in [4.78, 5) is 0. The predicted molar refractivity (Wildman–Crippen MR) is 55.1 cm³/mol. The standard InChI is InChI=1S/C6H14O7S2.2Na.2H/c7-14(8,9)5-1-3-13-4-2-6-15(10,11)12;;;;/h1-6H2,(H,7,8,9)(H,10,11,12);;;;/q;2*+1;2*-1. The van der Waals surface area contributed by atoms with Crippen molar-refractivity contribution in [3.8, 4) is 0 Å². The summed E-state index contributed by atoms with van der Waals surface area (Å²) in [6, 6.07) is 0. The van der Waals surface area contributed by atoms with Gasteiger partial charge in [0.2, 0.25) is 0 Å². The van der Waals surface area contributed by atoms with Crippen molar-refractivity contribution in [1.82, 2.24) is 0 Å². The van der Waals surface area contributed by atoms with E-state index in [0.29, 0.717) is 0 Å². The van der Waals surface area contributed by atoms with Crippen LogP contribution in [0.2, 0.25) is 0 Å². The van der Waals surface area contributed by atoms with Crippen LogP contribution in [0.3, 0.4) is 0 Å². The van der Waals surface area contributed by atoms with Gasteiger partial charge < -0.3 is 7.59 Å². The van der Waals surface area contributed by atoms with Crippen LogP contribution in [-0.2, 0) is 25.0 Å². The second-order valence-corrected chi connectivity index (χ2v) is 6.04. The average molecular weight is 310 g/mol. The summed E-state index contributed by atoms with van der Waals surface area (Å²) < 4.78 is 62.5. The smallest absolute Gasteiger partial charge is 1.00 e. The van der Waals surface area contributed by atoms with E-state index < -0.39 is 20.2 Å². The molecule has 2 N–H and O–H groups in total. The largest absolute Gasteiger partial charge is 1.00 e. The van der Waals surface area contributed by atoms with Crippen molar-refractivity contribution in [3.63, 3.8) is 0 Å². The molecule has 0 fully saturated rings. The predicted octanol–water partition coefficient (Wildman–Crippen LogP) is -6.21. The van der Waals surface area contributed by atoms with E-state index in [1.165, 1.54) is 0 Å². The van der Waals surface area contributed by atoms with Crippen LogP contribution in [0.5, 0.6) is 0 Å². The molecule has 0 aliphatic carbocycles. The average Bonchev–Trinajstić information content (AvgIpc) is 1.98. The second-order valence-electron chi connectivity index (χ2n) is 2.89. The zero-order chi connectivity index (χ0) is 11.9. The van der Waals surface area contributed by atoms with Crippen LogP contribution < -0.4 is 59.1 Å². The third-order valence-electron chi connectivity index (χ3n) is 1.38. The normalized spacial score (nSPS) is 11.4.